The molecular weight excluding hydrogens is 150 g/mol. The van der Waals surface area contributed by atoms with Crippen molar-refractivity contribution in [2.45, 2.75) is 13.3 Å². The molecule has 12 heavy (non-hydrogen) atoms. The van der Waals surface area contributed by atoms with Crippen LogP contribution in [0.1, 0.15) is 23.7 Å². The Labute approximate surface area is 70.9 Å². The molecule has 3 nitrogen and oxygen atoms in total. The molecule has 0 aliphatic rings. The Hall–Kier alpha value is -1.87. The topological polar surface area (TPSA) is 60.5 Å². The molecule has 1 aromatic heterocycles. The summed E-state index contributed by atoms with van der Waals surface area (Å²) < 4.78 is 0. The van der Waals surface area contributed by atoms with Gasteiger partial charge >= 0.3 is 0 Å². The Morgan fingerprint density at radius 2 is 2.17 bits per heavy atom. The molecule has 0 saturated carbocycles. The molecule has 0 aromatic carbocycles. The second-order valence-corrected chi connectivity index (χ2v) is 2.30. The van der Waals surface area contributed by atoms with E-state index in [-0.39, 0.29) is 0 Å². The Balaban J connectivity index is 3.24. The third-order valence-corrected chi connectivity index (χ3v) is 1.55. The fraction of sp³-hybridized carbons (Fsp3) is 0.222. The summed E-state index contributed by atoms with van der Waals surface area (Å²) in [6.45, 7) is 1.93. The zero-order chi connectivity index (χ0) is 8.97. The second kappa shape index (κ2) is 3.50. The van der Waals surface area contributed by atoms with Gasteiger partial charge in [-0.3, -0.25) is 4.98 Å². The van der Waals surface area contributed by atoms with Gasteiger partial charge in [-0.1, -0.05) is 6.92 Å². The van der Waals surface area contributed by atoms with E-state index in [0.29, 0.717) is 17.5 Å². The molecule has 1 aromatic rings. The number of pyridine rings is 1. The number of aromatic nitrogens is 1. The molecule has 1 rings (SSSR count). The van der Waals surface area contributed by atoms with Crippen LogP contribution in [-0.2, 0) is 6.42 Å². The van der Waals surface area contributed by atoms with Crippen LogP contribution in [0.5, 0.6) is 0 Å². The first-order valence-electron chi connectivity index (χ1n) is 3.61. The highest BCUT2D eigenvalue weighted by Gasteiger charge is 2.01. The predicted molar refractivity (Wildman–Crippen MR) is 43.0 cm³/mol. The van der Waals surface area contributed by atoms with Crippen molar-refractivity contribution in [3.8, 4) is 12.1 Å². The van der Waals surface area contributed by atoms with E-state index >= 15 is 0 Å². The lowest BCUT2D eigenvalue weighted by Gasteiger charge is -1.97. The fourth-order valence-corrected chi connectivity index (χ4v) is 0.933. The molecule has 0 N–H and O–H groups in total. The minimum atomic E-state index is 0.434. The molecule has 0 fully saturated rings. The quantitative estimate of drug-likeness (QED) is 0.618. The predicted octanol–water partition coefficient (Wildman–Crippen LogP) is 1.39. The molecule has 0 amide bonds. The van der Waals surface area contributed by atoms with Crippen LogP contribution in [0.4, 0.5) is 0 Å². The van der Waals surface area contributed by atoms with Crippen molar-refractivity contribution < 1.29 is 0 Å². The van der Waals surface area contributed by atoms with Crippen molar-refractivity contribution in [3.05, 3.63) is 29.1 Å². The van der Waals surface area contributed by atoms with E-state index < -0.39 is 0 Å². The molecule has 0 saturated heterocycles. The molecular formula is C9H7N3. The summed E-state index contributed by atoms with van der Waals surface area (Å²) in [4.78, 5) is 3.99. The van der Waals surface area contributed by atoms with Crippen LogP contribution in [0.15, 0.2) is 12.3 Å². The highest BCUT2D eigenvalue weighted by Crippen LogP contribution is 2.07. The Bertz CT molecular complexity index is 368. The van der Waals surface area contributed by atoms with Gasteiger partial charge in [-0.25, -0.2) is 0 Å². The Morgan fingerprint density at radius 3 is 2.67 bits per heavy atom. The largest absolute Gasteiger partial charge is 0.259 e. The van der Waals surface area contributed by atoms with Crippen LogP contribution < -0.4 is 0 Å². The lowest BCUT2D eigenvalue weighted by molar-refractivity contribution is 1.02. The first kappa shape index (κ1) is 8.23. The molecule has 0 bridgehead atoms. The van der Waals surface area contributed by atoms with Gasteiger partial charge in [0.2, 0.25) is 0 Å². The number of hydrogen-bond donors (Lipinski definition) is 0. The van der Waals surface area contributed by atoms with Gasteiger partial charge in [-0.2, -0.15) is 10.5 Å². The number of nitriles is 2. The van der Waals surface area contributed by atoms with E-state index in [1.807, 2.05) is 19.1 Å². The SMILES string of the molecule is CCc1ncc(C#N)cc1C#N. The molecule has 0 atom stereocenters. The number of hydrogen-bond acceptors (Lipinski definition) is 3. The summed E-state index contributed by atoms with van der Waals surface area (Å²) in [5.41, 5.74) is 1.68. The third kappa shape index (κ3) is 1.41. The molecule has 1 heterocycles. The zero-order valence-corrected chi connectivity index (χ0v) is 6.70. The van der Waals surface area contributed by atoms with Crippen molar-refractivity contribution in [3.63, 3.8) is 0 Å². The van der Waals surface area contributed by atoms with Crippen LogP contribution in [0.25, 0.3) is 0 Å². The van der Waals surface area contributed by atoms with Gasteiger partial charge in [0.25, 0.3) is 0 Å². The van der Waals surface area contributed by atoms with Gasteiger partial charge in [0.15, 0.2) is 0 Å². The molecule has 0 radical (unpaired) electrons. The van der Waals surface area contributed by atoms with Crippen LogP contribution in [0.2, 0.25) is 0 Å². The maximum atomic E-state index is 8.67. The second-order valence-electron chi connectivity index (χ2n) is 2.30. The summed E-state index contributed by atoms with van der Waals surface area (Å²) in [5.74, 6) is 0. The van der Waals surface area contributed by atoms with Gasteiger partial charge in [-0.05, 0) is 12.5 Å². The van der Waals surface area contributed by atoms with Crippen LogP contribution in [0.3, 0.4) is 0 Å². The summed E-state index contributed by atoms with van der Waals surface area (Å²) in [6.07, 6.45) is 2.20. The van der Waals surface area contributed by atoms with Crippen molar-refractivity contribution in [2.24, 2.45) is 0 Å². The van der Waals surface area contributed by atoms with E-state index in [0.717, 1.165) is 5.69 Å². The van der Waals surface area contributed by atoms with Crippen molar-refractivity contribution in [2.75, 3.05) is 0 Å². The average molecular weight is 157 g/mol. The monoisotopic (exact) mass is 157 g/mol. The number of aryl methyl sites for hydroxylation is 1. The molecule has 0 spiro atoms. The molecule has 0 aliphatic heterocycles. The molecule has 58 valence electrons. The van der Waals surface area contributed by atoms with E-state index in [2.05, 4.69) is 4.98 Å². The standard InChI is InChI=1S/C9H7N3/c1-2-9-8(5-11)3-7(4-10)6-12-9/h3,6H,2H2,1H3. The van der Waals surface area contributed by atoms with Gasteiger partial charge in [0.1, 0.15) is 12.1 Å². The minimum absolute atomic E-state index is 0.434. The van der Waals surface area contributed by atoms with Crippen LogP contribution >= 0.6 is 0 Å². The third-order valence-electron chi connectivity index (χ3n) is 1.55. The maximum absolute atomic E-state index is 8.67. The van der Waals surface area contributed by atoms with Gasteiger partial charge in [-0.15, -0.1) is 0 Å². The maximum Gasteiger partial charge on any atom is 0.101 e. The summed E-state index contributed by atoms with van der Waals surface area (Å²) in [5, 5.41) is 17.2. The Kier molecular flexibility index (Phi) is 2.40. The first-order chi connectivity index (χ1) is 5.81. The highest BCUT2D eigenvalue weighted by atomic mass is 14.7. The molecule has 0 aliphatic carbocycles. The van der Waals surface area contributed by atoms with Crippen LogP contribution in [0, 0.1) is 22.7 Å². The highest BCUT2D eigenvalue weighted by molar-refractivity contribution is 5.40. The molecule has 3 heteroatoms. The number of rotatable bonds is 1. The average Bonchev–Trinajstić information content (AvgIpc) is 2.16. The van der Waals surface area contributed by atoms with E-state index in [4.69, 9.17) is 10.5 Å². The summed E-state index contributed by atoms with van der Waals surface area (Å²) in [7, 11) is 0. The van der Waals surface area contributed by atoms with Gasteiger partial charge in [0.05, 0.1) is 16.8 Å². The van der Waals surface area contributed by atoms with Crippen LogP contribution in [-0.4, -0.2) is 4.98 Å². The lowest BCUT2D eigenvalue weighted by Crippen LogP contribution is -1.93. The Morgan fingerprint density at radius 1 is 1.42 bits per heavy atom. The normalized spacial score (nSPS) is 8.58. The van der Waals surface area contributed by atoms with Crippen molar-refractivity contribution in [1.82, 2.24) is 4.98 Å². The summed E-state index contributed by atoms with van der Waals surface area (Å²) >= 11 is 0. The van der Waals surface area contributed by atoms with Crippen molar-refractivity contribution in [1.29, 1.82) is 10.5 Å². The summed E-state index contributed by atoms with van der Waals surface area (Å²) in [6, 6.07) is 5.51. The van der Waals surface area contributed by atoms with Crippen molar-refractivity contribution >= 4 is 0 Å². The van der Waals surface area contributed by atoms with E-state index in [1.54, 1.807) is 6.07 Å². The van der Waals surface area contributed by atoms with Gasteiger partial charge < -0.3 is 0 Å². The van der Waals surface area contributed by atoms with Gasteiger partial charge in [0, 0.05) is 6.20 Å². The lowest BCUT2D eigenvalue weighted by atomic mass is 10.1. The van der Waals surface area contributed by atoms with E-state index in [1.165, 1.54) is 6.20 Å². The fourth-order valence-electron chi connectivity index (χ4n) is 0.933. The first-order valence-corrected chi connectivity index (χ1v) is 3.61. The molecule has 0 unspecified atom stereocenters. The number of nitrogens with zero attached hydrogens (tertiary/aromatic N) is 3. The van der Waals surface area contributed by atoms with E-state index in [9.17, 15) is 0 Å². The smallest absolute Gasteiger partial charge is 0.101 e. The minimum Gasteiger partial charge on any atom is -0.259 e. The zero-order valence-electron chi connectivity index (χ0n) is 6.70.